The van der Waals surface area contributed by atoms with Crippen LogP contribution >= 0.6 is 15.9 Å². The normalized spacial score (nSPS) is 11.6. The zero-order chi connectivity index (χ0) is 12.3. The first-order chi connectivity index (χ1) is 7.36. The van der Waals surface area contributed by atoms with Gasteiger partial charge >= 0.3 is 6.18 Å². The first-order valence-electron chi connectivity index (χ1n) is 4.76. The molecule has 1 aromatic carbocycles. The quantitative estimate of drug-likeness (QED) is 0.753. The van der Waals surface area contributed by atoms with E-state index in [-0.39, 0.29) is 12.0 Å². The van der Waals surface area contributed by atoms with Gasteiger partial charge in [-0.3, -0.25) is 4.79 Å². The zero-order valence-electron chi connectivity index (χ0n) is 8.57. The SMILES string of the molecule is CCCC(=O)c1ccc(Br)cc1C(F)(F)F. The fourth-order valence-corrected chi connectivity index (χ4v) is 1.72. The van der Waals surface area contributed by atoms with Crippen LogP contribution in [0.4, 0.5) is 13.2 Å². The number of hydrogen-bond acceptors (Lipinski definition) is 1. The summed E-state index contributed by atoms with van der Waals surface area (Å²) in [5.41, 5.74) is -1.13. The van der Waals surface area contributed by atoms with Crippen LogP contribution in [-0.2, 0) is 6.18 Å². The standard InChI is InChI=1S/C11H10BrF3O/c1-2-3-10(16)8-5-4-7(12)6-9(8)11(13,14)15/h4-6H,2-3H2,1H3. The fraction of sp³-hybridized carbons (Fsp3) is 0.364. The smallest absolute Gasteiger partial charge is 0.294 e. The van der Waals surface area contributed by atoms with Crippen LogP contribution in [0.1, 0.15) is 35.7 Å². The second-order valence-electron chi connectivity index (χ2n) is 3.36. The van der Waals surface area contributed by atoms with E-state index < -0.39 is 17.5 Å². The predicted octanol–water partition coefficient (Wildman–Crippen LogP) is 4.45. The van der Waals surface area contributed by atoms with E-state index in [0.29, 0.717) is 10.9 Å². The van der Waals surface area contributed by atoms with Crippen molar-refractivity contribution in [1.82, 2.24) is 0 Å². The Kier molecular flexibility index (Phi) is 4.13. The summed E-state index contributed by atoms with van der Waals surface area (Å²) < 4.78 is 38.3. The first kappa shape index (κ1) is 13.2. The van der Waals surface area contributed by atoms with Crippen molar-refractivity contribution < 1.29 is 18.0 Å². The van der Waals surface area contributed by atoms with Crippen molar-refractivity contribution in [3.05, 3.63) is 33.8 Å². The second-order valence-corrected chi connectivity index (χ2v) is 4.28. The average molecular weight is 295 g/mol. The van der Waals surface area contributed by atoms with Crippen molar-refractivity contribution in [2.24, 2.45) is 0 Å². The molecule has 88 valence electrons. The van der Waals surface area contributed by atoms with Crippen LogP contribution < -0.4 is 0 Å². The maximum absolute atomic E-state index is 12.7. The second kappa shape index (κ2) is 4.99. The molecule has 1 rings (SSSR count). The molecule has 0 radical (unpaired) electrons. The molecule has 5 heteroatoms. The Hall–Kier alpha value is -0.840. The van der Waals surface area contributed by atoms with Gasteiger partial charge in [0, 0.05) is 16.5 Å². The van der Waals surface area contributed by atoms with Gasteiger partial charge in [-0.25, -0.2) is 0 Å². The summed E-state index contributed by atoms with van der Waals surface area (Å²) in [6.45, 7) is 1.75. The van der Waals surface area contributed by atoms with Gasteiger partial charge in [0.1, 0.15) is 0 Å². The van der Waals surface area contributed by atoms with Crippen LogP contribution in [0.3, 0.4) is 0 Å². The minimum atomic E-state index is -4.50. The average Bonchev–Trinajstić information content (AvgIpc) is 2.16. The first-order valence-corrected chi connectivity index (χ1v) is 5.55. The Balaban J connectivity index is 3.23. The van der Waals surface area contributed by atoms with Gasteiger partial charge in [0.05, 0.1) is 5.56 Å². The van der Waals surface area contributed by atoms with Crippen LogP contribution in [0.15, 0.2) is 22.7 Å². The molecule has 0 aromatic heterocycles. The number of carbonyl (C=O) groups is 1. The molecule has 0 saturated carbocycles. The Morgan fingerprint density at radius 2 is 2.00 bits per heavy atom. The molecule has 0 saturated heterocycles. The van der Waals surface area contributed by atoms with Gasteiger partial charge in [-0.2, -0.15) is 13.2 Å². The molecule has 0 amide bonds. The maximum Gasteiger partial charge on any atom is 0.417 e. The van der Waals surface area contributed by atoms with E-state index in [2.05, 4.69) is 15.9 Å². The van der Waals surface area contributed by atoms with Crippen molar-refractivity contribution in [3.63, 3.8) is 0 Å². The summed E-state index contributed by atoms with van der Waals surface area (Å²) in [4.78, 5) is 11.5. The molecule has 0 aliphatic carbocycles. The van der Waals surface area contributed by atoms with Gasteiger partial charge in [-0.1, -0.05) is 22.9 Å². The fourth-order valence-electron chi connectivity index (χ4n) is 1.36. The molecule has 0 bridgehead atoms. The monoisotopic (exact) mass is 294 g/mol. The van der Waals surface area contributed by atoms with Gasteiger partial charge in [0.2, 0.25) is 0 Å². The van der Waals surface area contributed by atoms with E-state index in [4.69, 9.17) is 0 Å². The molecular formula is C11H10BrF3O. The van der Waals surface area contributed by atoms with E-state index in [1.165, 1.54) is 12.1 Å². The minimum Gasteiger partial charge on any atom is -0.294 e. The minimum absolute atomic E-state index is 0.130. The van der Waals surface area contributed by atoms with E-state index in [1.807, 2.05) is 0 Å². The number of ketones is 1. The van der Waals surface area contributed by atoms with E-state index in [9.17, 15) is 18.0 Å². The summed E-state index contributed by atoms with van der Waals surface area (Å²) >= 11 is 2.97. The summed E-state index contributed by atoms with van der Waals surface area (Å²) in [6, 6.07) is 3.59. The van der Waals surface area contributed by atoms with Crippen LogP contribution in [0.5, 0.6) is 0 Å². The lowest BCUT2D eigenvalue weighted by Crippen LogP contribution is -2.13. The van der Waals surface area contributed by atoms with Crippen molar-refractivity contribution in [1.29, 1.82) is 0 Å². The predicted molar refractivity (Wildman–Crippen MR) is 58.4 cm³/mol. The third-order valence-corrected chi connectivity index (χ3v) is 2.56. The number of rotatable bonds is 3. The lowest BCUT2D eigenvalue weighted by Gasteiger charge is -2.12. The van der Waals surface area contributed by atoms with Gasteiger partial charge in [0.15, 0.2) is 5.78 Å². The number of hydrogen-bond donors (Lipinski definition) is 0. The Labute approximate surface area is 99.8 Å². The number of benzene rings is 1. The zero-order valence-corrected chi connectivity index (χ0v) is 10.2. The van der Waals surface area contributed by atoms with Crippen LogP contribution in [0, 0.1) is 0 Å². The molecule has 0 fully saturated rings. The number of alkyl halides is 3. The summed E-state index contributed by atoms with van der Waals surface area (Å²) in [6.07, 6.45) is -3.83. The number of Topliss-reactive ketones (excluding diaryl/α,β-unsaturated/α-hetero) is 1. The highest BCUT2D eigenvalue weighted by atomic mass is 79.9. The maximum atomic E-state index is 12.7. The highest BCUT2D eigenvalue weighted by molar-refractivity contribution is 9.10. The summed E-state index contributed by atoms with van der Waals surface area (Å²) in [5.74, 6) is -0.470. The Morgan fingerprint density at radius 1 is 1.38 bits per heavy atom. The molecule has 16 heavy (non-hydrogen) atoms. The molecule has 0 aliphatic heterocycles. The van der Waals surface area contributed by atoms with Crippen LogP contribution in [0.2, 0.25) is 0 Å². The molecule has 0 aliphatic rings. The molecule has 0 spiro atoms. The van der Waals surface area contributed by atoms with E-state index >= 15 is 0 Å². The van der Waals surface area contributed by atoms with Gasteiger partial charge in [0.25, 0.3) is 0 Å². The van der Waals surface area contributed by atoms with E-state index in [0.717, 1.165) is 6.07 Å². The Bertz CT molecular complexity index is 399. The molecule has 0 unspecified atom stereocenters. The highest BCUT2D eigenvalue weighted by Crippen LogP contribution is 2.34. The lowest BCUT2D eigenvalue weighted by atomic mass is 10.0. The molecule has 1 nitrogen and oxygen atoms in total. The number of halogens is 4. The molecule has 1 aromatic rings. The van der Waals surface area contributed by atoms with Crippen LogP contribution in [-0.4, -0.2) is 5.78 Å². The molecule has 0 atom stereocenters. The van der Waals surface area contributed by atoms with Gasteiger partial charge < -0.3 is 0 Å². The molecule has 0 N–H and O–H groups in total. The lowest BCUT2D eigenvalue weighted by molar-refractivity contribution is -0.138. The van der Waals surface area contributed by atoms with Gasteiger partial charge in [-0.05, 0) is 24.6 Å². The largest absolute Gasteiger partial charge is 0.417 e. The molecule has 0 heterocycles. The summed E-state index contributed by atoms with van der Waals surface area (Å²) in [7, 11) is 0. The summed E-state index contributed by atoms with van der Waals surface area (Å²) in [5, 5.41) is 0. The van der Waals surface area contributed by atoms with E-state index in [1.54, 1.807) is 6.92 Å². The highest BCUT2D eigenvalue weighted by Gasteiger charge is 2.34. The van der Waals surface area contributed by atoms with Crippen molar-refractivity contribution in [3.8, 4) is 0 Å². The van der Waals surface area contributed by atoms with Crippen molar-refractivity contribution >= 4 is 21.7 Å². The van der Waals surface area contributed by atoms with Crippen LogP contribution in [0.25, 0.3) is 0 Å². The number of carbonyl (C=O) groups excluding carboxylic acids is 1. The van der Waals surface area contributed by atoms with Crippen molar-refractivity contribution in [2.45, 2.75) is 25.9 Å². The Morgan fingerprint density at radius 3 is 2.50 bits per heavy atom. The van der Waals surface area contributed by atoms with Crippen molar-refractivity contribution in [2.75, 3.05) is 0 Å². The third-order valence-electron chi connectivity index (χ3n) is 2.06. The molecular weight excluding hydrogens is 285 g/mol. The topological polar surface area (TPSA) is 17.1 Å². The third kappa shape index (κ3) is 3.07. The van der Waals surface area contributed by atoms with Gasteiger partial charge in [-0.15, -0.1) is 0 Å².